The second-order valence-corrected chi connectivity index (χ2v) is 14.1. The van der Waals surface area contributed by atoms with Crippen LogP contribution >= 0.6 is 23.4 Å². The number of nitrogens with zero attached hydrogens (tertiary/aromatic N) is 2. The van der Waals surface area contributed by atoms with Crippen molar-refractivity contribution in [2.45, 2.75) is 28.7 Å². The molecule has 0 saturated carbocycles. The van der Waals surface area contributed by atoms with E-state index in [9.17, 15) is 16.8 Å². The number of benzene rings is 3. The third kappa shape index (κ3) is 11.9. The van der Waals surface area contributed by atoms with Crippen molar-refractivity contribution >= 4 is 43.6 Å². The molecular formula is C28H35ClN2O6S3. The molecule has 0 bridgehead atoms. The molecule has 40 heavy (non-hydrogen) atoms. The lowest BCUT2D eigenvalue weighted by molar-refractivity contribution is 0.0951. The zero-order chi connectivity index (χ0) is 29.3. The molecule has 8 nitrogen and oxygen atoms in total. The quantitative estimate of drug-likeness (QED) is 0.388. The molecule has 1 fully saturated rings. The van der Waals surface area contributed by atoms with Crippen LogP contribution in [0.3, 0.4) is 0 Å². The van der Waals surface area contributed by atoms with Crippen LogP contribution in [0.2, 0.25) is 5.02 Å². The van der Waals surface area contributed by atoms with Gasteiger partial charge in [0, 0.05) is 53.6 Å². The van der Waals surface area contributed by atoms with E-state index < -0.39 is 20.2 Å². The molecule has 1 saturated heterocycles. The first-order valence-corrected chi connectivity index (χ1v) is 17.6. The number of fused-ring (bicyclic) bond motifs is 2. The fourth-order valence-corrected chi connectivity index (χ4v) is 5.93. The molecule has 0 spiro atoms. The number of piperazine rings is 1. The maximum absolute atomic E-state index is 9.19. The summed E-state index contributed by atoms with van der Waals surface area (Å²) in [5.74, 6) is 0. The van der Waals surface area contributed by atoms with Crippen LogP contribution in [0, 0.1) is 0 Å². The molecule has 12 heteroatoms. The summed E-state index contributed by atoms with van der Waals surface area (Å²) in [6.07, 6.45) is 3.62. The maximum Gasteiger partial charge on any atom is 0.261 e. The van der Waals surface area contributed by atoms with Gasteiger partial charge in [0.05, 0.1) is 12.5 Å². The van der Waals surface area contributed by atoms with Crippen molar-refractivity contribution in [3.63, 3.8) is 0 Å². The zero-order valence-corrected chi connectivity index (χ0v) is 25.7. The second kappa shape index (κ2) is 14.8. The Morgan fingerprint density at radius 1 is 0.825 bits per heavy atom. The van der Waals surface area contributed by atoms with Crippen LogP contribution in [0.25, 0.3) is 0 Å². The lowest BCUT2D eigenvalue weighted by Crippen LogP contribution is -2.48. The van der Waals surface area contributed by atoms with Gasteiger partial charge in [-0.25, -0.2) is 0 Å². The van der Waals surface area contributed by atoms with E-state index in [4.69, 9.17) is 20.7 Å². The van der Waals surface area contributed by atoms with E-state index in [0.29, 0.717) is 18.6 Å². The van der Waals surface area contributed by atoms with Gasteiger partial charge in [0.15, 0.2) is 0 Å². The van der Waals surface area contributed by atoms with E-state index in [-0.39, 0.29) is 0 Å². The summed E-state index contributed by atoms with van der Waals surface area (Å²) in [5, 5.41) is 0.840. The zero-order valence-electron chi connectivity index (χ0n) is 22.5. The fraction of sp³-hybridized carbons (Fsp3) is 0.357. The Morgan fingerprint density at radius 3 is 2.02 bits per heavy atom. The first-order valence-electron chi connectivity index (χ1n) is 12.7. The monoisotopic (exact) mass is 626 g/mol. The smallest absolute Gasteiger partial charge is 0.261 e. The first-order chi connectivity index (χ1) is 18.8. The predicted molar refractivity (Wildman–Crippen MR) is 162 cm³/mol. The predicted octanol–water partition coefficient (Wildman–Crippen LogP) is 4.96. The standard InChI is InChI=1S/C26H27ClN2S.2CH4O3S/c27-22-10-11-26-23(19-22)24(18-21-8-4-5-9-25(21)30-26)29-16-14-28(15-17-29)13-12-20-6-2-1-3-7-20;2*1-5(2,3)4/h1-11,19,24H,12-18H2;2*1H3,(H,2,3,4). The highest BCUT2D eigenvalue weighted by Gasteiger charge is 2.30. The Kier molecular flexibility index (Phi) is 12.0. The maximum atomic E-state index is 9.19. The summed E-state index contributed by atoms with van der Waals surface area (Å²) in [4.78, 5) is 8.02. The second-order valence-electron chi connectivity index (χ2n) is 9.69. The van der Waals surface area contributed by atoms with Crippen molar-refractivity contribution in [1.82, 2.24) is 9.80 Å². The van der Waals surface area contributed by atoms with Crippen molar-refractivity contribution < 1.29 is 25.9 Å². The third-order valence-electron chi connectivity index (χ3n) is 6.34. The Morgan fingerprint density at radius 2 is 1.40 bits per heavy atom. The Bertz CT molecular complexity index is 1420. The normalized spacial score (nSPS) is 17.7. The minimum atomic E-state index is -3.67. The van der Waals surface area contributed by atoms with E-state index in [2.05, 4.69) is 76.5 Å². The van der Waals surface area contributed by atoms with Crippen LogP contribution in [0.15, 0.2) is 82.6 Å². The average molecular weight is 627 g/mol. The highest BCUT2D eigenvalue weighted by molar-refractivity contribution is 7.99. The highest BCUT2D eigenvalue weighted by atomic mass is 35.5. The van der Waals surface area contributed by atoms with Gasteiger partial charge in [0.1, 0.15) is 0 Å². The summed E-state index contributed by atoms with van der Waals surface area (Å²) in [6.45, 7) is 5.63. The van der Waals surface area contributed by atoms with Crippen LogP contribution < -0.4 is 0 Å². The molecule has 0 aliphatic carbocycles. The van der Waals surface area contributed by atoms with Crippen molar-refractivity contribution in [1.29, 1.82) is 0 Å². The summed E-state index contributed by atoms with van der Waals surface area (Å²) in [5.41, 5.74) is 4.27. The van der Waals surface area contributed by atoms with E-state index in [0.717, 1.165) is 50.6 Å². The molecule has 2 aliphatic heterocycles. The summed E-state index contributed by atoms with van der Waals surface area (Å²) < 4.78 is 51.7. The highest BCUT2D eigenvalue weighted by Crippen LogP contribution is 2.43. The van der Waals surface area contributed by atoms with E-state index in [1.807, 2.05) is 17.8 Å². The topological polar surface area (TPSA) is 115 Å². The van der Waals surface area contributed by atoms with Gasteiger partial charge in [-0.1, -0.05) is 71.9 Å². The molecule has 0 radical (unpaired) electrons. The molecule has 0 aromatic heterocycles. The van der Waals surface area contributed by atoms with Gasteiger partial charge in [0.25, 0.3) is 20.2 Å². The summed E-state index contributed by atoms with van der Waals surface area (Å²) in [6, 6.07) is 26.5. The summed E-state index contributed by atoms with van der Waals surface area (Å²) in [7, 11) is -7.33. The minimum Gasteiger partial charge on any atom is -0.300 e. The van der Waals surface area contributed by atoms with Crippen LogP contribution in [0.4, 0.5) is 0 Å². The van der Waals surface area contributed by atoms with Gasteiger partial charge >= 0.3 is 0 Å². The van der Waals surface area contributed by atoms with Gasteiger partial charge < -0.3 is 4.90 Å². The lowest BCUT2D eigenvalue weighted by atomic mass is 9.96. The Balaban J connectivity index is 0.000000381. The van der Waals surface area contributed by atoms with Crippen molar-refractivity contribution in [3.8, 4) is 0 Å². The molecule has 2 aliphatic rings. The van der Waals surface area contributed by atoms with Crippen LogP contribution in [-0.2, 0) is 33.1 Å². The van der Waals surface area contributed by atoms with Gasteiger partial charge in [-0.3, -0.25) is 14.0 Å². The van der Waals surface area contributed by atoms with Crippen molar-refractivity contribution in [2.75, 3.05) is 45.2 Å². The molecular weight excluding hydrogens is 592 g/mol. The minimum absolute atomic E-state index is 0.395. The van der Waals surface area contributed by atoms with Crippen LogP contribution in [0.1, 0.15) is 22.7 Å². The molecule has 2 N–H and O–H groups in total. The molecule has 3 aromatic rings. The Hall–Kier alpha value is -1.96. The van der Waals surface area contributed by atoms with Gasteiger partial charge in [-0.05, 0) is 53.8 Å². The largest absolute Gasteiger partial charge is 0.300 e. The van der Waals surface area contributed by atoms with Gasteiger partial charge in [-0.2, -0.15) is 16.8 Å². The van der Waals surface area contributed by atoms with E-state index in [1.165, 1.54) is 26.5 Å². The molecule has 1 unspecified atom stereocenters. The first kappa shape index (κ1) is 32.6. The van der Waals surface area contributed by atoms with Gasteiger partial charge in [0.2, 0.25) is 0 Å². The molecule has 3 aromatic carbocycles. The SMILES string of the molecule is CS(=O)(=O)O.CS(=O)(=O)O.Clc1ccc2c(c1)C(N1CCN(CCc3ccccc3)CC1)Cc1ccccc1S2. The fourth-order valence-electron chi connectivity index (χ4n) is 4.64. The number of hydrogen-bond acceptors (Lipinski definition) is 7. The number of halogens is 1. The van der Waals surface area contributed by atoms with Crippen molar-refractivity contribution in [3.05, 3.63) is 94.5 Å². The van der Waals surface area contributed by atoms with Gasteiger partial charge in [-0.15, -0.1) is 0 Å². The van der Waals surface area contributed by atoms with Crippen LogP contribution in [0.5, 0.6) is 0 Å². The molecule has 218 valence electrons. The van der Waals surface area contributed by atoms with E-state index >= 15 is 0 Å². The number of rotatable bonds is 4. The van der Waals surface area contributed by atoms with Crippen LogP contribution in [-0.4, -0.2) is 81.0 Å². The molecule has 2 heterocycles. The Labute approximate surface area is 246 Å². The number of hydrogen-bond donors (Lipinski definition) is 2. The average Bonchev–Trinajstić information content (AvgIpc) is 3.03. The summed E-state index contributed by atoms with van der Waals surface area (Å²) >= 11 is 8.32. The molecule has 0 amide bonds. The third-order valence-corrected chi connectivity index (χ3v) is 7.79. The molecule has 1 atom stereocenters. The lowest BCUT2D eigenvalue weighted by Gasteiger charge is -2.39. The van der Waals surface area contributed by atoms with Crippen molar-refractivity contribution in [2.24, 2.45) is 0 Å². The van der Waals surface area contributed by atoms with E-state index in [1.54, 1.807) is 0 Å². The molecule has 5 rings (SSSR count).